The van der Waals surface area contributed by atoms with Crippen molar-refractivity contribution in [1.29, 1.82) is 0 Å². The summed E-state index contributed by atoms with van der Waals surface area (Å²) in [6.45, 7) is -3.36. The van der Waals surface area contributed by atoms with Crippen LogP contribution in [0.3, 0.4) is 0 Å². The van der Waals surface area contributed by atoms with Crippen LogP contribution in [-0.4, -0.2) is 58.8 Å². The predicted molar refractivity (Wildman–Crippen MR) is 131 cm³/mol. The second kappa shape index (κ2) is 9.99. The molecule has 5 rings (SSSR count). The maximum atomic E-state index is 15.5. The third kappa shape index (κ3) is 4.99. The van der Waals surface area contributed by atoms with Crippen LogP contribution in [0.5, 0.6) is 0 Å². The summed E-state index contributed by atoms with van der Waals surface area (Å²) in [5, 5.41) is 4.45. The Morgan fingerprint density at radius 3 is 2.72 bits per heavy atom. The van der Waals surface area contributed by atoms with Gasteiger partial charge in [0.2, 0.25) is 11.8 Å². The van der Waals surface area contributed by atoms with Gasteiger partial charge in [-0.1, -0.05) is 18.2 Å². The second-order valence-electron chi connectivity index (χ2n) is 9.02. The summed E-state index contributed by atoms with van der Waals surface area (Å²) in [4.78, 5) is 39.6. The molecule has 2 aromatic carbocycles. The molecule has 0 spiro atoms. The first-order chi connectivity index (χ1) is 19.9. The number of hydrogen-bond donors (Lipinski definition) is 2. The number of nitrogens with zero attached hydrogens (tertiary/aromatic N) is 2. The van der Waals surface area contributed by atoms with Crippen molar-refractivity contribution in [3.63, 3.8) is 0 Å². The van der Waals surface area contributed by atoms with Crippen LogP contribution in [0.25, 0.3) is 0 Å². The molecule has 190 valence electrons. The first-order valence-corrected chi connectivity index (χ1v) is 11.7. The van der Waals surface area contributed by atoms with E-state index in [0.29, 0.717) is 4.90 Å². The van der Waals surface area contributed by atoms with Gasteiger partial charge in [0.05, 0.1) is 19.1 Å². The molecule has 3 amide bonds. The summed E-state index contributed by atoms with van der Waals surface area (Å²) in [6.07, 6.45) is -1.19. The Morgan fingerprint density at radius 1 is 1.22 bits per heavy atom. The highest BCUT2D eigenvalue weighted by atomic mass is 19.1. The topological polar surface area (TPSA) is 91.0 Å². The van der Waals surface area contributed by atoms with Gasteiger partial charge in [0.15, 0.2) is 0 Å². The summed E-state index contributed by atoms with van der Waals surface area (Å²) in [7, 11) is 0. The van der Waals surface area contributed by atoms with Crippen molar-refractivity contribution >= 4 is 23.4 Å². The van der Waals surface area contributed by atoms with Crippen LogP contribution in [-0.2, 0) is 33.8 Å². The van der Waals surface area contributed by atoms with Gasteiger partial charge in [0, 0.05) is 64.1 Å². The van der Waals surface area contributed by atoms with Gasteiger partial charge in [-0.15, -0.1) is 0 Å². The van der Waals surface area contributed by atoms with Crippen LogP contribution in [0.15, 0.2) is 36.4 Å². The van der Waals surface area contributed by atoms with E-state index in [-0.39, 0.29) is 54.1 Å². The van der Waals surface area contributed by atoms with Crippen LogP contribution in [0.2, 0.25) is 0 Å². The summed E-state index contributed by atoms with van der Waals surface area (Å²) in [5.41, 5.74) is -1.29. The molecule has 2 aromatic rings. The van der Waals surface area contributed by atoms with Gasteiger partial charge >= 0.3 is 0 Å². The molecule has 3 atom stereocenters. The average Bonchev–Trinajstić information content (AvgIpc) is 3.11. The van der Waals surface area contributed by atoms with Crippen molar-refractivity contribution in [3.05, 3.63) is 64.5 Å². The van der Waals surface area contributed by atoms with Crippen molar-refractivity contribution in [2.24, 2.45) is 0 Å². The predicted octanol–water partition coefficient (Wildman–Crippen LogP) is 2.81. The number of carbonyl (C=O) groups excluding carboxylic acids is 3. The Balaban J connectivity index is 1.45. The fourth-order valence-electron chi connectivity index (χ4n) is 4.52. The van der Waals surface area contributed by atoms with Crippen molar-refractivity contribution in [2.75, 3.05) is 18.4 Å². The number of carbonyl (C=O) groups is 3. The molecule has 3 aliphatic heterocycles. The normalized spacial score (nSPS) is 31.7. The van der Waals surface area contributed by atoms with Crippen LogP contribution < -0.4 is 10.6 Å². The molecule has 0 saturated carbocycles. The lowest BCUT2D eigenvalue weighted by atomic mass is 10.0. The molecule has 3 heterocycles. The number of benzene rings is 2. The summed E-state index contributed by atoms with van der Waals surface area (Å²) in [5.74, 6) is -3.84. The number of rotatable bonds is 6. The second-order valence-corrected chi connectivity index (χ2v) is 9.02. The molecule has 2 saturated heterocycles. The third-order valence-electron chi connectivity index (χ3n) is 6.10. The number of fused-ring (bicyclic) bond motifs is 1. The lowest BCUT2D eigenvalue weighted by Gasteiger charge is -2.35. The monoisotopic (exact) mass is 501 g/mol. The highest BCUT2D eigenvalue weighted by molar-refractivity contribution is 6.06. The van der Waals surface area contributed by atoms with Crippen LogP contribution >= 0.6 is 0 Å². The molecule has 2 fully saturated rings. The van der Waals surface area contributed by atoms with Gasteiger partial charge < -0.3 is 15.0 Å². The van der Waals surface area contributed by atoms with Gasteiger partial charge in [0.1, 0.15) is 11.8 Å². The highest BCUT2D eigenvalue weighted by Crippen LogP contribution is 2.32. The van der Waals surface area contributed by atoms with E-state index in [1.54, 1.807) is 0 Å². The fraction of sp³-hybridized carbons (Fsp3) is 0.444. The summed E-state index contributed by atoms with van der Waals surface area (Å²) >= 11 is 0. The fourth-order valence-corrected chi connectivity index (χ4v) is 4.52. The zero-order valence-corrected chi connectivity index (χ0v) is 19.9. The minimum absolute atomic E-state index is 0.0194. The molecule has 9 heteroatoms. The zero-order valence-electron chi connectivity index (χ0n) is 26.9. The van der Waals surface area contributed by atoms with Crippen molar-refractivity contribution in [2.45, 2.75) is 64.4 Å². The van der Waals surface area contributed by atoms with Gasteiger partial charge in [-0.05, 0) is 44.0 Å². The zero-order chi connectivity index (χ0) is 31.7. The molecule has 36 heavy (non-hydrogen) atoms. The van der Waals surface area contributed by atoms with Gasteiger partial charge in [-0.25, -0.2) is 4.39 Å². The Morgan fingerprint density at radius 2 is 2.00 bits per heavy atom. The SMILES string of the molecule is [2H]C([2H])(Nc1cccc2c1C([2H])([2H])N(C1([2H])CCC(=O)NC1=O)C2=O)c1ccc(C([2H])([2H])N2CC(C)OC(C)C2)cc1F. The molecule has 0 aromatic heterocycles. The van der Waals surface area contributed by atoms with E-state index in [1.165, 1.54) is 29.2 Å². The Hall–Kier alpha value is -3.30. The number of hydrogen-bond acceptors (Lipinski definition) is 6. The Labute approximate surface area is 219 Å². The summed E-state index contributed by atoms with van der Waals surface area (Å²) in [6, 6.07) is 4.80. The first-order valence-electron chi connectivity index (χ1n) is 15.2. The van der Waals surface area contributed by atoms with E-state index in [0.717, 1.165) is 12.1 Å². The van der Waals surface area contributed by atoms with Crippen molar-refractivity contribution < 1.29 is 33.1 Å². The molecule has 0 bridgehead atoms. The Bertz CT molecular complexity index is 1500. The summed E-state index contributed by atoms with van der Waals surface area (Å²) < 4.78 is 82.0. The van der Waals surface area contributed by atoms with Crippen molar-refractivity contribution in [1.82, 2.24) is 15.1 Å². The molecular weight excluding hydrogens is 463 g/mol. The highest BCUT2D eigenvalue weighted by Gasteiger charge is 2.39. The molecule has 3 unspecified atom stereocenters. The van der Waals surface area contributed by atoms with E-state index >= 15 is 4.39 Å². The maximum Gasteiger partial charge on any atom is 0.255 e. The molecule has 0 radical (unpaired) electrons. The quantitative estimate of drug-likeness (QED) is 0.592. The molecule has 2 N–H and O–H groups in total. The number of piperidine rings is 1. The number of imide groups is 1. The molecule has 0 aliphatic carbocycles. The number of nitrogens with one attached hydrogen (secondary N) is 2. The van der Waals surface area contributed by atoms with Gasteiger partial charge in [-0.3, -0.25) is 24.6 Å². The lowest BCUT2D eigenvalue weighted by Crippen LogP contribution is -2.52. The molecule has 8 nitrogen and oxygen atoms in total. The number of anilines is 1. The Kier molecular flexibility index (Phi) is 4.77. The number of halogens is 1. The van der Waals surface area contributed by atoms with E-state index in [2.05, 4.69) is 5.32 Å². The molecular formula is C27H31FN4O4. The van der Waals surface area contributed by atoms with E-state index in [1.807, 2.05) is 19.2 Å². The van der Waals surface area contributed by atoms with Crippen LogP contribution in [0.4, 0.5) is 10.1 Å². The van der Waals surface area contributed by atoms with E-state index < -0.39 is 61.0 Å². The smallest absolute Gasteiger partial charge is 0.255 e. The molecule has 3 aliphatic rings. The maximum absolute atomic E-state index is 15.5. The minimum atomic E-state index is -2.78. The van der Waals surface area contributed by atoms with E-state index in [9.17, 15) is 14.4 Å². The lowest BCUT2D eigenvalue weighted by molar-refractivity contribution is -0.136. The van der Waals surface area contributed by atoms with Crippen LogP contribution in [0.1, 0.15) is 63.3 Å². The van der Waals surface area contributed by atoms with Gasteiger partial charge in [0.25, 0.3) is 5.91 Å². The van der Waals surface area contributed by atoms with Crippen LogP contribution in [0, 0.1) is 5.82 Å². The number of ether oxygens (including phenoxy) is 1. The van der Waals surface area contributed by atoms with Crippen molar-refractivity contribution in [3.8, 4) is 0 Å². The number of amides is 3. The number of morpholine rings is 1. The van der Waals surface area contributed by atoms with Gasteiger partial charge in [-0.2, -0.15) is 0 Å². The average molecular weight is 502 g/mol. The minimum Gasteiger partial charge on any atom is -0.381 e. The first kappa shape index (κ1) is 17.2. The standard InChI is InChI=1S/C27H31FN4O4/c1-16-12-31(13-17(2)36-16)14-18-6-7-19(22(28)10-18)11-29-23-5-3-4-20-21(23)15-32(27(20)35)24-8-9-25(33)30-26(24)34/h3-7,10,16-17,24,29H,8-9,11-15H2,1-2H3,(H,30,33,34)/i11D2,14D2,15D2,24D. The largest absolute Gasteiger partial charge is 0.381 e. The van der Waals surface area contributed by atoms with E-state index in [4.69, 9.17) is 14.3 Å². The third-order valence-corrected chi connectivity index (χ3v) is 6.10.